The molecule has 134 valence electrons. The molecule has 1 aromatic carbocycles. The van der Waals surface area contributed by atoms with E-state index >= 15 is 0 Å². The van der Waals surface area contributed by atoms with Gasteiger partial charge in [-0.25, -0.2) is 0 Å². The van der Waals surface area contributed by atoms with Gasteiger partial charge in [-0.1, -0.05) is 0 Å². The van der Waals surface area contributed by atoms with Crippen molar-refractivity contribution in [2.24, 2.45) is 0 Å². The molecule has 2 rings (SSSR count). The molecule has 8 nitrogen and oxygen atoms in total. The Kier molecular flexibility index (Phi) is 6.18. The quantitative estimate of drug-likeness (QED) is 0.569. The lowest BCUT2D eigenvalue weighted by atomic mass is 10.1. The molecule has 0 unspecified atom stereocenters. The van der Waals surface area contributed by atoms with Gasteiger partial charge in [-0.05, 0) is 28.8 Å². The van der Waals surface area contributed by atoms with E-state index in [0.29, 0.717) is 13.0 Å². The lowest BCUT2D eigenvalue weighted by molar-refractivity contribution is -0.386. The summed E-state index contributed by atoms with van der Waals surface area (Å²) in [5, 5.41) is 18.1. The second-order valence-electron chi connectivity index (χ2n) is 4.94. The molecule has 0 bridgehead atoms. The highest BCUT2D eigenvalue weighted by molar-refractivity contribution is 7.07. The summed E-state index contributed by atoms with van der Waals surface area (Å²) in [6.07, 6.45) is 0.632. The van der Waals surface area contributed by atoms with E-state index in [4.69, 9.17) is 14.2 Å². The second kappa shape index (κ2) is 8.34. The Morgan fingerprint density at radius 1 is 1.24 bits per heavy atom. The topological polar surface area (TPSA) is 99.9 Å². The molecule has 0 radical (unpaired) electrons. The fourth-order valence-electron chi connectivity index (χ4n) is 2.35. The Labute approximate surface area is 148 Å². The molecule has 0 aliphatic carbocycles. The van der Waals surface area contributed by atoms with Crippen LogP contribution in [0.25, 0.3) is 0 Å². The largest absolute Gasteiger partial charge is 0.493 e. The minimum absolute atomic E-state index is 0.0616. The molecule has 2 aromatic rings. The molecule has 1 amide bonds. The Balaban J connectivity index is 2.34. The number of nitrogens with zero attached hydrogens (tertiary/aromatic N) is 1. The number of nitro groups is 1. The molecule has 0 fully saturated rings. The monoisotopic (exact) mass is 366 g/mol. The summed E-state index contributed by atoms with van der Waals surface area (Å²) in [6, 6.07) is 3.23. The number of amides is 1. The number of nitrogens with one attached hydrogen (secondary N) is 1. The highest BCUT2D eigenvalue weighted by atomic mass is 32.1. The molecule has 9 heteroatoms. The van der Waals surface area contributed by atoms with Crippen molar-refractivity contribution in [3.05, 3.63) is 44.1 Å². The van der Waals surface area contributed by atoms with Crippen LogP contribution in [0.5, 0.6) is 17.2 Å². The van der Waals surface area contributed by atoms with Crippen molar-refractivity contribution in [1.82, 2.24) is 5.32 Å². The Bertz CT molecular complexity index is 760. The number of hydrogen-bond donors (Lipinski definition) is 1. The van der Waals surface area contributed by atoms with Crippen molar-refractivity contribution >= 4 is 22.9 Å². The van der Waals surface area contributed by atoms with E-state index in [1.54, 1.807) is 11.3 Å². The molecule has 1 N–H and O–H groups in total. The Hall–Kier alpha value is -2.81. The number of rotatable bonds is 8. The van der Waals surface area contributed by atoms with Gasteiger partial charge in [0, 0.05) is 12.6 Å². The normalized spacial score (nSPS) is 10.2. The van der Waals surface area contributed by atoms with Crippen molar-refractivity contribution < 1.29 is 23.9 Å². The van der Waals surface area contributed by atoms with Crippen LogP contribution < -0.4 is 19.5 Å². The third kappa shape index (κ3) is 4.00. The maximum Gasteiger partial charge on any atom is 0.327 e. The summed E-state index contributed by atoms with van der Waals surface area (Å²) in [5.74, 6) is -0.504. The van der Waals surface area contributed by atoms with Gasteiger partial charge in [-0.15, -0.1) is 0 Å². The van der Waals surface area contributed by atoms with E-state index in [2.05, 4.69) is 5.32 Å². The SMILES string of the molecule is COc1cc(C(=O)NCCc2ccsc2)c([N+](=O)[O-])c(OC)c1OC. The van der Waals surface area contributed by atoms with E-state index in [1.165, 1.54) is 27.4 Å². The summed E-state index contributed by atoms with van der Waals surface area (Å²) in [7, 11) is 3.98. The van der Waals surface area contributed by atoms with Crippen molar-refractivity contribution in [2.75, 3.05) is 27.9 Å². The molecule has 0 saturated carbocycles. The van der Waals surface area contributed by atoms with E-state index in [1.807, 2.05) is 16.8 Å². The summed E-state index contributed by atoms with van der Waals surface area (Å²) in [6.45, 7) is 0.351. The predicted octanol–water partition coefficient (Wildman–Crippen LogP) is 2.65. The summed E-state index contributed by atoms with van der Waals surface area (Å²) >= 11 is 1.57. The number of nitro benzene ring substituents is 1. The summed E-state index contributed by atoms with van der Waals surface area (Å²) in [4.78, 5) is 23.3. The molecule has 1 aromatic heterocycles. The lowest BCUT2D eigenvalue weighted by Crippen LogP contribution is -2.26. The van der Waals surface area contributed by atoms with E-state index < -0.39 is 16.5 Å². The summed E-state index contributed by atoms with van der Waals surface area (Å²) < 4.78 is 15.4. The average molecular weight is 366 g/mol. The fourth-order valence-corrected chi connectivity index (χ4v) is 3.05. The molecular weight excluding hydrogens is 348 g/mol. The smallest absolute Gasteiger partial charge is 0.327 e. The zero-order chi connectivity index (χ0) is 18.4. The van der Waals surface area contributed by atoms with Crippen LogP contribution >= 0.6 is 11.3 Å². The van der Waals surface area contributed by atoms with Crippen LogP contribution in [0.15, 0.2) is 22.9 Å². The van der Waals surface area contributed by atoms with Gasteiger partial charge in [0.25, 0.3) is 5.91 Å². The van der Waals surface area contributed by atoms with Gasteiger partial charge in [0.2, 0.25) is 11.5 Å². The van der Waals surface area contributed by atoms with Crippen LogP contribution in [0.4, 0.5) is 5.69 Å². The molecule has 0 atom stereocenters. The van der Waals surface area contributed by atoms with Crippen LogP contribution in [-0.2, 0) is 6.42 Å². The average Bonchev–Trinajstić information content (AvgIpc) is 3.12. The van der Waals surface area contributed by atoms with Crippen LogP contribution in [0.2, 0.25) is 0 Å². The van der Waals surface area contributed by atoms with Gasteiger partial charge in [-0.3, -0.25) is 14.9 Å². The van der Waals surface area contributed by atoms with E-state index in [-0.39, 0.29) is 22.8 Å². The standard InChI is InChI=1S/C16H18N2O6S/c1-22-12-8-11(13(18(20)21)15(24-3)14(12)23-2)16(19)17-6-4-10-5-7-25-9-10/h5,7-9H,4,6H2,1-3H3,(H,17,19). The van der Waals surface area contributed by atoms with Crippen LogP contribution in [-0.4, -0.2) is 38.7 Å². The van der Waals surface area contributed by atoms with Gasteiger partial charge in [0.05, 0.1) is 26.3 Å². The first-order valence-corrected chi connectivity index (χ1v) is 8.24. The van der Waals surface area contributed by atoms with Crippen LogP contribution in [0.3, 0.4) is 0 Å². The minimum Gasteiger partial charge on any atom is -0.493 e. The Morgan fingerprint density at radius 3 is 2.48 bits per heavy atom. The van der Waals surface area contributed by atoms with Crippen LogP contribution in [0.1, 0.15) is 15.9 Å². The molecule has 0 saturated heterocycles. The molecule has 0 aliphatic heterocycles. The Morgan fingerprint density at radius 2 is 1.96 bits per heavy atom. The van der Waals surface area contributed by atoms with Gasteiger partial charge < -0.3 is 19.5 Å². The number of hydrogen-bond acceptors (Lipinski definition) is 7. The van der Waals surface area contributed by atoms with Crippen LogP contribution in [0, 0.1) is 10.1 Å². The predicted molar refractivity (Wildman–Crippen MR) is 93.1 cm³/mol. The van der Waals surface area contributed by atoms with Gasteiger partial charge in [0.1, 0.15) is 5.56 Å². The number of benzene rings is 1. The highest BCUT2D eigenvalue weighted by Gasteiger charge is 2.32. The lowest BCUT2D eigenvalue weighted by Gasteiger charge is -2.14. The molecule has 0 spiro atoms. The molecule has 1 heterocycles. The van der Waals surface area contributed by atoms with E-state index in [9.17, 15) is 14.9 Å². The van der Waals surface area contributed by atoms with Gasteiger partial charge in [0.15, 0.2) is 5.75 Å². The third-order valence-electron chi connectivity index (χ3n) is 3.51. The van der Waals surface area contributed by atoms with Crippen molar-refractivity contribution in [1.29, 1.82) is 0 Å². The third-order valence-corrected chi connectivity index (χ3v) is 4.24. The van der Waals surface area contributed by atoms with Gasteiger partial charge >= 0.3 is 5.69 Å². The molecular formula is C16H18N2O6S. The first-order chi connectivity index (χ1) is 12.0. The van der Waals surface area contributed by atoms with E-state index in [0.717, 1.165) is 5.56 Å². The first-order valence-electron chi connectivity index (χ1n) is 7.30. The van der Waals surface area contributed by atoms with Crippen molar-refractivity contribution in [3.63, 3.8) is 0 Å². The number of carbonyl (C=O) groups is 1. The zero-order valence-electron chi connectivity index (χ0n) is 14.0. The number of thiophene rings is 1. The number of ether oxygens (including phenoxy) is 3. The fraction of sp³-hybridized carbons (Fsp3) is 0.312. The van der Waals surface area contributed by atoms with Gasteiger partial charge in [-0.2, -0.15) is 11.3 Å². The second-order valence-corrected chi connectivity index (χ2v) is 5.72. The van der Waals surface area contributed by atoms with Crippen molar-refractivity contribution in [3.8, 4) is 17.2 Å². The maximum absolute atomic E-state index is 12.5. The highest BCUT2D eigenvalue weighted by Crippen LogP contribution is 2.46. The number of methoxy groups -OCH3 is 3. The minimum atomic E-state index is -0.672. The molecule has 25 heavy (non-hydrogen) atoms. The van der Waals surface area contributed by atoms with Crippen molar-refractivity contribution in [2.45, 2.75) is 6.42 Å². The number of carbonyl (C=O) groups excluding carboxylic acids is 1. The maximum atomic E-state index is 12.5. The first kappa shape index (κ1) is 18.5. The molecule has 0 aliphatic rings. The summed E-state index contributed by atoms with van der Waals surface area (Å²) in [5.41, 5.74) is 0.475. The zero-order valence-corrected chi connectivity index (χ0v) is 14.8.